The zero-order valence-electron chi connectivity index (χ0n) is 11.1. The molecule has 0 aliphatic carbocycles. The van der Waals surface area contributed by atoms with Crippen molar-refractivity contribution in [2.75, 3.05) is 6.54 Å². The van der Waals surface area contributed by atoms with E-state index in [1.54, 1.807) is 0 Å². The molecule has 0 aromatic heterocycles. The van der Waals surface area contributed by atoms with Crippen LogP contribution in [-0.4, -0.2) is 18.5 Å². The Labute approximate surface area is 100 Å². The fourth-order valence-corrected chi connectivity index (χ4v) is 1.76. The summed E-state index contributed by atoms with van der Waals surface area (Å²) in [6.07, 6.45) is 6.32. The first-order valence-corrected chi connectivity index (χ1v) is 6.63. The fourth-order valence-electron chi connectivity index (χ4n) is 1.76. The van der Waals surface area contributed by atoms with E-state index < -0.39 is 0 Å². The molecule has 0 saturated heterocycles. The molecule has 0 aromatic carbocycles. The van der Waals surface area contributed by atoms with Gasteiger partial charge in [-0.3, -0.25) is 4.79 Å². The average Bonchev–Trinajstić information content (AvgIpc) is 2.26. The van der Waals surface area contributed by atoms with Crippen LogP contribution in [0.15, 0.2) is 0 Å². The first-order valence-electron chi connectivity index (χ1n) is 6.63. The highest BCUT2D eigenvalue weighted by Gasteiger charge is 2.12. The standard InChI is InChI=1S/C13H28N2O/c1-4-6-7-8-11(3)15-13(16)9-12(5-2)10-14/h11-12H,4-10,14H2,1-3H3,(H,15,16). The van der Waals surface area contributed by atoms with Crippen LogP contribution in [0.1, 0.15) is 59.3 Å². The minimum absolute atomic E-state index is 0.154. The predicted molar refractivity (Wildman–Crippen MR) is 69.2 cm³/mol. The summed E-state index contributed by atoms with van der Waals surface area (Å²) >= 11 is 0. The van der Waals surface area contributed by atoms with Crippen molar-refractivity contribution in [3.05, 3.63) is 0 Å². The van der Waals surface area contributed by atoms with Gasteiger partial charge in [0.1, 0.15) is 0 Å². The Bertz CT molecular complexity index is 179. The summed E-state index contributed by atoms with van der Waals surface area (Å²) in [5, 5.41) is 3.04. The molecule has 16 heavy (non-hydrogen) atoms. The minimum atomic E-state index is 0.154. The zero-order chi connectivity index (χ0) is 12.4. The van der Waals surface area contributed by atoms with Crippen LogP contribution < -0.4 is 11.1 Å². The second-order valence-corrected chi connectivity index (χ2v) is 4.68. The molecule has 0 fully saturated rings. The van der Waals surface area contributed by atoms with Crippen molar-refractivity contribution in [1.82, 2.24) is 5.32 Å². The van der Waals surface area contributed by atoms with Crippen LogP contribution in [-0.2, 0) is 4.79 Å². The second-order valence-electron chi connectivity index (χ2n) is 4.68. The van der Waals surface area contributed by atoms with E-state index in [0.29, 0.717) is 24.9 Å². The highest BCUT2D eigenvalue weighted by atomic mass is 16.1. The van der Waals surface area contributed by atoms with E-state index >= 15 is 0 Å². The van der Waals surface area contributed by atoms with E-state index in [9.17, 15) is 4.79 Å². The van der Waals surface area contributed by atoms with E-state index in [-0.39, 0.29) is 5.91 Å². The summed E-state index contributed by atoms with van der Waals surface area (Å²) in [6.45, 7) is 6.96. The molecule has 2 unspecified atom stereocenters. The second kappa shape index (κ2) is 9.64. The number of rotatable bonds is 9. The molecule has 0 spiro atoms. The molecule has 0 rings (SSSR count). The van der Waals surface area contributed by atoms with Gasteiger partial charge in [-0.2, -0.15) is 0 Å². The highest BCUT2D eigenvalue weighted by Crippen LogP contribution is 2.07. The van der Waals surface area contributed by atoms with Gasteiger partial charge in [0.25, 0.3) is 0 Å². The van der Waals surface area contributed by atoms with Crippen LogP contribution in [0.5, 0.6) is 0 Å². The van der Waals surface area contributed by atoms with Crippen LogP contribution in [0.3, 0.4) is 0 Å². The summed E-state index contributed by atoms with van der Waals surface area (Å²) in [7, 11) is 0. The minimum Gasteiger partial charge on any atom is -0.354 e. The third kappa shape index (κ3) is 7.69. The van der Waals surface area contributed by atoms with Gasteiger partial charge in [0, 0.05) is 12.5 Å². The molecule has 2 atom stereocenters. The Hall–Kier alpha value is -0.570. The van der Waals surface area contributed by atoms with Crippen LogP contribution >= 0.6 is 0 Å². The van der Waals surface area contributed by atoms with Crippen molar-refractivity contribution in [1.29, 1.82) is 0 Å². The first kappa shape index (κ1) is 15.4. The van der Waals surface area contributed by atoms with Gasteiger partial charge in [0.05, 0.1) is 0 Å². The molecule has 0 radical (unpaired) electrons. The molecular formula is C13H28N2O. The van der Waals surface area contributed by atoms with E-state index in [0.717, 1.165) is 12.8 Å². The van der Waals surface area contributed by atoms with E-state index in [2.05, 4.69) is 26.1 Å². The predicted octanol–water partition coefficient (Wildman–Crippen LogP) is 2.45. The van der Waals surface area contributed by atoms with Gasteiger partial charge in [-0.05, 0) is 25.8 Å². The lowest BCUT2D eigenvalue weighted by atomic mass is 10.0. The highest BCUT2D eigenvalue weighted by molar-refractivity contribution is 5.76. The SMILES string of the molecule is CCCCCC(C)NC(=O)CC(CC)CN. The molecule has 0 aliphatic heterocycles. The van der Waals surface area contributed by atoms with Crippen molar-refractivity contribution < 1.29 is 4.79 Å². The molecule has 0 bridgehead atoms. The summed E-state index contributed by atoms with van der Waals surface area (Å²) in [5.41, 5.74) is 5.58. The smallest absolute Gasteiger partial charge is 0.220 e. The van der Waals surface area contributed by atoms with Gasteiger partial charge in [0.2, 0.25) is 5.91 Å². The largest absolute Gasteiger partial charge is 0.354 e. The van der Waals surface area contributed by atoms with Gasteiger partial charge in [0.15, 0.2) is 0 Å². The lowest BCUT2D eigenvalue weighted by molar-refractivity contribution is -0.122. The monoisotopic (exact) mass is 228 g/mol. The van der Waals surface area contributed by atoms with Crippen LogP contribution in [0.25, 0.3) is 0 Å². The lowest BCUT2D eigenvalue weighted by Crippen LogP contribution is -2.34. The topological polar surface area (TPSA) is 55.1 Å². The Morgan fingerprint density at radius 1 is 1.31 bits per heavy atom. The third-order valence-corrected chi connectivity index (χ3v) is 3.03. The van der Waals surface area contributed by atoms with Crippen molar-refractivity contribution >= 4 is 5.91 Å². The molecule has 3 N–H and O–H groups in total. The average molecular weight is 228 g/mol. The van der Waals surface area contributed by atoms with Crippen molar-refractivity contribution in [3.63, 3.8) is 0 Å². The number of carbonyl (C=O) groups excluding carboxylic acids is 1. The van der Waals surface area contributed by atoms with E-state index in [1.165, 1.54) is 19.3 Å². The van der Waals surface area contributed by atoms with E-state index in [1.807, 2.05) is 0 Å². The zero-order valence-corrected chi connectivity index (χ0v) is 11.1. The van der Waals surface area contributed by atoms with Crippen LogP contribution in [0.4, 0.5) is 0 Å². The normalized spacial score (nSPS) is 14.5. The molecular weight excluding hydrogens is 200 g/mol. The van der Waals surface area contributed by atoms with E-state index in [4.69, 9.17) is 5.73 Å². The number of carbonyl (C=O) groups is 1. The maximum atomic E-state index is 11.6. The Kier molecular flexibility index (Phi) is 9.30. The number of nitrogens with one attached hydrogen (secondary N) is 1. The molecule has 0 aromatic rings. The molecule has 3 nitrogen and oxygen atoms in total. The molecule has 0 heterocycles. The van der Waals surface area contributed by atoms with Gasteiger partial charge in [-0.1, -0.05) is 39.5 Å². The van der Waals surface area contributed by atoms with Gasteiger partial charge in [-0.25, -0.2) is 0 Å². The quantitative estimate of drug-likeness (QED) is 0.596. The third-order valence-electron chi connectivity index (χ3n) is 3.03. The summed E-state index contributed by atoms with van der Waals surface area (Å²) in [5.74, 6) is 0.490. The molecule has 3 heteroatoms. The Morgan fingerprint density at radius 3 is 2.50 bits per heavy atom. The first-order chi connectivity index (χ1) is 7.63. The lowest BCUT2D eigenvalue weighted by Gasteiger charge is -2.16. The summed E-state index contributed by atoms with van der Waals surface area (Å²) in [4.78, 5) is 11.6. The number of hydrogen-bond donors (Lipinski definition) is 2. The molecule has 0 saturated carbocycles. The van der Waals surface area contributed by atoms with Crippen molar-refractivity contribution in [3.8, 4) is 0 Å². The summed E-state index contributed by atoms with van der Waals surface area (Å²) < 4.78 is 0. The maximum absolute atomic E-state index is 11.6. The molecule has 96 valence electrons. The molecule has 1 amide bonds. The Morgan fingerprint density at radius 2 is 2.00 bits per heavy atom. The Balaban J connectivity index is 3.68. The fraction of sp³-hybridized carbons (Fsp3) is 0.923. The number of hydrogen-bond acceptors (Lipinski definition) is 2. The van der Waals surface area contributed by atoms with Gasteiger partial charge < -0.3 is 11.1 Å². The van der Waals surface area contributed by atoms with Crippen LogP contribution in [0.2, 0.25) is 0 Å². The van der Waals surface area contributed by atoms with Gasteiger partial charge in [-0.15, -0.1) is 0 Å². The van der Waals surface area contributed by atoms with Crippen molar-refractivity contribution in [2.24, 2.45) is 11.7 Å². The van der Waals surface area contributed by atoms with Crippen molar-refractivity contribution in [2.45, 2.75) is 65.3 Å². The van der Waals surface area contributed by atoms with Crippen LogP contribution in [0, 0.1) is 5.92 Å². The molecule has 0 aliphatic rings. The summed E-state index contributed by atoms with van der Waals surface area (Å²) in [6, 6.07) is 0.300. The number of amides is 1. The van der Waals surface area contributed by atoms with Gasteiger partial charge >= 0.3 is 0 Å². The maximum Gasteiger partial charge on any atom is 0.220 e. The number of nitrogens with two attached hydrogens (primary N) is 1. The number of unbranched alkanes of at least 4 members (excludes halogenated alkanes) is 2.